The Morgan fingerprint density at radius 3 is 2.58 bits per heavy atom. The third-order valence-corrected chi connectivity index (χ3v) is 3.62. The topological polar surface area (TPSA) is 44.4 Å². The van der Waals surface area contributed by atoms with Gasteiger partial charge in [0.1, 0.15) is 0 Å². The normalized spacial score (nSPS) is 16.2. The van der Waals surface area contributed by atoms with E-state index in [-0.39, 0.29) is 5.91 Å². The Balaban J connectivity index is 2.04. The molecule has 1 heterocycles. The van der Waals surface area contributed by atoms with Gasteiger partial charge in [-0.3, -0.25) is 4.79 Å². The maximum Gasteiger partial charge on any atom is 0.251 e. The van der Waals surface area contributed by atoms with Gasteiger partial charge in [0.05, 0.1) is 0 Å². The number of hydrogen-bond acceptors (Lipinski definition) is 3. The van der Waals surface area contributed by atoms with E-state index >= 15 is 0 Å². The van der Waals surface area contributed by atoms with Crippen LogP contribution in [0.25, 0.3) is 0 Å². The highest BCUT2D eigenvalue weighted by Crippen LogP contribution is 2.19. The molecule has 1 aromatic carbocycles. The highest BCUT2D eigenvalue weighted by atomic mass is 16.1. The Morgan fingerprint density at radius 1 is 1.32 bits per heavy atom. The van der Waals surface area contributed by atoms with E-state index in [4.69, 9.17) is 0 Å². The fourth-order valence-electron chi connectivity index (χ4n) is 2.53. The Hall–Kier alpha value is -1.55. The first kappa shape index (κ1) is 13.9. The number of carbonyl (C=O) groups is 1. The minimum Gasteiger partial charge on any atom is -0.377 e. The molecule has 2 rings (SSSR count). The zero-order valence-electron chi connectivity index (χ0n) is 12.0. The SMILES string of the molecule is Cc1cc(C(=O)NC2CCNCC2)ccc1N(C)C. The summed E-state index contributed by atoms with van der Waals surface area (Å²) in [5, 5.41) is 6.42. The molecular weight excluding hydrogens is 238 g/mol. The molecule has 0 radical (unpaired) electrons. The van der Waals surface area contributed by atoms with Gasteiger partial charge in [-0.05, 0) is 56.6 Å². The summed E-state index contributed by atoms with van der Waals surface area (Å²) in [6.07, 6.45) is 2.03. The van der Waals surface area contributed by atoms with Gasteiger partial charge in [0, 0.05) is 31.4 Å². The summed E-state index contributed by atoms with van der Waals surface area (Å²) < 4.78 is 0. The lowest BCUT2D eigenvalue weighted by Gasteiger charge is -2.24. The third-order valence-electron chi connectivity index (χ3n) is 3.62. The molecule has 0 atom stereocenters. The fraction of sp³-hybridized carbons (Fsp3) is 0.533. The number of piperidine rings is 1. The number of rotatable bonds is 3. The quantitative estimate of drug-likeness (QED) is 0.867. The Morgan fingerprint density at radius 2 is 2.00 bits per heavy atom. The van der Waals surface area contributed by atoms with Crippen LogP contribution in [0.1, 0.15) is 28.8 Å². The van der Waals surface area contributed by atoms with E-state index in [0.29, 0.717) is 6.04 Å². The van der Waals surface area contributed by atoms with E-state index in [2.05, 4.69) is 15.5 Å². The summed E-state index contributed by atoms with van der Waals surface area (Å²) in [5.74, 6) is 0.0420. The van der Waals surface area contributed by atoms with Crippen LogP contribution in [0.3, 0.4) is 0 Å². The maximum absolute atomic E-state index is 12.2. The largest absolute Gasteiger partial charge is 0.377 e. The molecule has 0 spiro atoms. The van der Waals surface area contributed by atoms with Crippen molar-refractivity contribution in [2.75, 3.05) is 32.1 Å². The third kappa shape index (κ3) is 3.47. The van der Waals surface area contributed by atoms with Crippen molar-refractivity contribution in [1.29, 1.82) is 0 Å². The van der Waals surface area contributed by atoms with Crippen LogP contribution in [0.4, 0.5) is 5.69 Å². The molecule has 4 nitrogen and oxygen atoms in total. The first-order valence-corrected chi connectivity index (χ1v) is 6.87. The van der Waals surface area contributed by atoms with Crippen LogP contribution in [-0.4, -0.2) is 39.1 Å². The highest BCUT2D eigenvalue weighted by molar-refractivity contribution is 5.95. The lowest BCUT2D eigenvalue weighted by molar-refractivity contribution is 0.0929. The number of aryl methyl sites for hydroxylation is 1. The van der Waals surface area contributed by atoms with Gasteiger partial charge >= 0.3 is 0 Å². The molecule has 0 saturated carbocycles. The number of hydrogen-bond donors (Lipinski definition) is 2. The zero-order valence-corrected chi connectivity index (χ0v) is 12.0. The van der Waals surface area contributed by atoms with Crippen molar-refractivity contribution in [3.63, 3.8) is 0 Å². The second-order valence-electron chi connectivity index (χ2n) is 5.39. The van der Waals surface area contributed by atoms with Crippen molar-refractivity contribution in [2.24, 2.45) is 0 Å². The number of nitrogens with one attached hydrogen (secondary N) is 2. The van der Waals surface area contributed by atoms with Gasteiger partial charge in [0.15, 0.2) is 0 Å². The molecule has 1 aromatic rings. The number of carbonyl (C=O) groups excluding carboxylic acids is 1. The second kappa shape index (κ2) is 6.06. The molecule has 19 heavy (non-hydrogen) atoms. The molecule has 1 aliphatic heterocycles. The molecule has 4 heteroatoms. The lowest BCUT2D eigenvalue weighted by atomic mass is 10.0. The van der Waals surface area contributed by atoms with Crippen molar-refractivity contribution in [1.82, 2.24) is 10.6 Å². The summed E-state index contributed by atoms with van der Waals surface area (Å²) in [6, 6.07) is 6.18. The van der Waals surface area contributed by atoms with Crippen LogP contribution < -0.4 is 15.5 Å². The number of anilines is 1. The van der Waals surface area contributed by atoms with Crippen molar-refractivity contribution in [3.05, 3.63) is 29.3 Å². The monoisotopic (exact) mass is 261 g/mol. The van der Waals surface area contributed by atoms with Crippen molar-refractivity contribution in [3.8, 4) is 0 Å². The van der Waals surface area contributed by atoms with E-state index in [9.17, 15) is 4.79 Å². The molecule has 0 unspecified atom stereocenters. The minimum atomic E-state index is 0.0420. The first-order chi connectivity index (χ1) is 9.08. The molecule has 0 aromatic heterocycles. The summed E-state index contributed by atoms with van der Waals surface area (Å²) in [4.78, 5) is 14.3. The number of benzene rings is 1. The Labute approximate surface area is 115 Å². The van der Waals surface area contributed by atoms with E-state index in [1.807, 2.05) is 39.2 Å². The molecule has 1 fully saturated rings. The molecule has 2 N–H and O–H groups in total. The summed E-state index contributed by atoms with van der Waals surface area (Å²) in [7, 11) is 4.02. The van der Waals surface area contributed by atoms with Crippen LogP contribution in [-0.2, 0) is 0 Å². The smallest absolute Gasteiger partial charge is 0.251 e. The maximum atomic E-state index is 12.2. The van der Waals surface area contributed by atoms with Crippen molar-refractivity contribution >= 4 is 11.6 Å². The zero-order chi connectivity index (χ0) is 13.8. The van der Waals surface area contributed by atoms with Gasteiger partial charge < -0.3 is 15.5 Å². The van der Waals surface area contributed by atoms with Gasteiger partial charge in [-0.25, -0.2) is 0 Å². The van der Waals surface area contributed by atoms with E-state index in [1.54, 1.807) is 0 Å². The molecule has 1 amide bonds. The molecule has 104 valence electrons. The van der Waals surface area contributed by atoms with Crippen LogP contribution >= 0.6 is 0 Å². The van der Waals surface area contributed by atoms with Crippen LogP contribution in [0.15, 0.2) is 18.2 Å². The van der Waals surface area contributed by atoms with Gasteiger partial charge in [-0.2, -0.15) is 0 Å². The van der Waals surface area contributed by atoms with Crippen molar-refractivity contribution < 1.29 is 4.79 Å². The van der Waals surface area contributed by atoms with Gasteiger partial charge in [-0.15, -0.1) is 0 Å². The van der Waals surface area contributed by atoms with Crippen LogP contribution in [0.2, 0.25) is 0 Å². The minimum absolute atomic E-state index is 0.0420. The van der Waals surface area contributed by atoms with E-state index in [1.165, 1.54) is 0 Å². The highest BCUT2D eigenvalue weighted by Gasteiger charge is 2.16. The first-order valence-electron chi connectivity index (χ1n) is 6.87. The summed E-state index contributed by atoms with van der Waals surface area (Å²) >= 11 is 0. The molecule has 0 bridgehead atoms. The fourth-order valence-corrected chi connectivity index (χ4v) is 2.53. The predicted molar refractivity (Wildman–Crippen MR) is 78.9 cm³/mol. The molecule has 0 aliphatic carbocycles. The van der Waals surface area contributed by atoms with E-state index in [0.717, 1.165) is 42.7 Å². The predicted octanol–water partition coefficient (Wildman–Crippen LogP) is 1.54. The average Bonchev–Trinajstić information content (AvgIpc) is 2.39. The Kier molecular flexibility index (Phi) is 4.43. The Bertz CT molecular complexity index is 451. The molecule has 1 aliphatic rings. The standard InChI is InChI=1S/C15H23N3O/c1-11-10-12(4-5-14(11)18(2)3)15(19)17-13-6-8-16-9-7-13/h4-5,10,13,16H,6-9H2,1-3H3,(H,17,19). The van der Waals surface area contributed by atoms with Gasteiger partial charge in [0.25, 0.3) is 5.91 Å². The van der Waals surface area contributed by atoms with Crippen LogP contribution in [0.5, 0.6) is 0 Å². The second-order valence-corrected chi connectivity index (χ2v) is 5.39. The number of nitrogens with zero attached hydrogens (tertiary/aromatic N) is 1. The molecular formula is C15H23N3O. The van der Waals surface area contributed by atoms with Gasteiger partial charge in [0.2, 0.25) is 0 Å². The lowest BCUT2D eigenvalue weighted by Crippen LogP contribution is -2.42. The number of amides is 1. The average molecular weight is 261 g/mol. The molecule has 1 saturated heterocycles. The summed E-state index contributed by atoms with van der Waals surface area (Å²) in [6.45, 7) is 4.02. The van der Waals surface area contributed by atoms with E-state index < -0.39 is 0 Å². The summed E-state index contributed by atoms with van der Waals surface area (Å²) in [5.41, 5.74) is 3.03. The van der Waals surface area contributed by atoms with Crippen molar-refractivity contribution in [2.45, 2.75) is 25.8 Å². The van der Waals surface area contributed by atoms with Gasteiger partial charge in [-0.1, -0.05) is 0 Å². The van der Waals surface area contributed by atoms with Crippen LogP contribution in [0, 0.1) is 6.92 Å².